The lowest BCUT2D eigenvalue weighted by atomic mass is 9.71. The third kappa shape index (κ3) is 3.46. The SMILES string of the molecule is CC(C)(C)OC(=O)N1CC2(CCN(C(C)(C)C)CC2)C1. The molecule has 0 bridgehead atoms. The van der Waals surface area contributed by atoms with E-state index in [4.69, 9.17) is 4.74 Å². The standard InChI is InChI=1S/C16H30N2O2/c1-14(2,3)18-9-7-16(8-10-18)11-17(12-16)13(19)20-15(4,5)6/h7-12H2,1-6H3. The van der Waals surface area contributed by atoms with Crippen LogP contribution in [0.1, 0.15) is 54.4 Å². The van der Waals surface area contributed by atoms with Crippen LogP contribution >= 0.6 is 0 Å². The summed E-state index contributed by atoms with van der Waals surface area (Å²) >= 11 is 0. The van der Waals surface area contributed by atoms with Gasteiger partial charge in [-0.05, 0) is 67.5 Å². The van der Waals surface area contributed by atoms with Gasteiger partial charge in [-0.3, -0.25) is 4.90 Å². The van der Waals surface area contributed by atoms with E-state index in [9.17, 15) is 4.79 Å². The number of nitrogens with zero attached hydrogens (tertiary/aromatic N) is 2. The molecule has 0 aromatic rings. The van der Waals surface area contributed by atoms with Gasteiger partial charge in [0.05, 0.1) is 0 Å². The van der Waals surface area contributed by atoms with E-state index in [1.165, 1.54) is 12.8 Å². The van der Waals surface area contributed by atoms with E-state index < -0.39 is 5.60 Å². The van der Waals surface area contributed by atoms with Gasteiger partial charge in [0.15, 0.2) is 0 Å². The van der Waals surface area contributed by atoms with Crippen molar-refractivity contribution in [3.8, 4) is 0 Å². The Morgan fingerprint density at radius 2 is 1.50 bits per heavy atom. The van der Waals surface area contributed by atoms with Crippen LogP contribution in [0.15, 0.2) is 0 Å². The summed E-state index contributed by atoms with van der Waals surface area (Å²) in [5, 5.41) is 0. The van der Waals surface area contributed by atoms with Gasteiger partial charge in [0.25, 0.3) is 0 Å². The molecule has 0 radical (unpaired) electrons. The summed E-state index contributed by atoms with van der Waals surface area (Å²) in [4.78, 5) is 16.4. The first-order valence-electron chi connectivity index (χ1n) is 7.74. The molecular weight excluding hydrogens is 252 g/mol. The predicted octanol–water partition coefficient (Wildman–Crippen LogP) is 3.12. The highest BCUT2D eigenvalue weighted by Crippen LogP contribution is 2.42. The van der Waals surface area contributed by atoms with E-state index in [-0.39, 0.29) is 11.6 Å². The number of hydrogen-bond donors (Lipinski definition) is 0. The number of likely N-dealkylation sites (tertiary alicyclic amines) is 2. The number of rotatable bonds is 0. The van der Waals surface area contributed by atoms with E-state index in [0.717, 1.165) is 26.2 Å². The van der Waals surface area contributed by atoms with Crippen molar-refractivity contribution >= 4 is 6.09 Å². The molecule has 0 aromatic carbocycles. The third-order valence-corrected chi connectivity index (χ3v) is 4.48. The Balaban J connectivity index is 1.81. The minimum Gasteiger partial charge on any atom is -0.444 e. The molecule has 2 fully saturated rings. The molecule has 1 amide bonds. The van der Waals surface area contributed by atoms with Crippen LogP contribution < -0.4 is 0 Å². The Morgan fingerprint density at radius 1 is 1.00 bits per heavy atom. The number of carbonyl (C=O) groups excluding carboxylic acids is 1. The minimum absolute atomic E-state index is 0.152. The van der Waals surface area contributed by atoms with Crippen LogP contribution in [0.4, 0.5) is 4.79 Å². The molecule has 0 saturated carbocycles. The zero-order chi connectivity index (χ0) is 15.2. The number of amides is 1. The topological polar surface area (TPSA) is 32.8 Å². The number of hydrogen-bond acceptors (Lipinski definition) is 3. The second kappa shape index (κ2) is 4.90. The fourth-order valence-corrected chi connectivity index (χ4v) is 3.19. The van der Waals surface area contributed by atoms with E-state index in [0.29, 0.717) is 5.41 Å². The van der Waals surface area contributed by atoms with Gasteiger partial charge in [-0.2, -0.15) is 0 Å². The summed E-state index contributed by atoms with van der Waals surface area (Å²) < 4.78 is 5.43. The largest absolute Gasteiger partial charge is 0.444 e. The molecule has 2 rings (SSSR count). The molecule has 4 nitrogen and oxygen atoms in total. The zero-order valence-corrected chi connectivity index (χ0v) is 14.0. The van der Waals surface area contributed by atoms with Crippen molar-refractivity contribution in [1.29, 1.82) is 0 Å². The van der Waals surface area contributed by atoms with Crippen molar-refractivity contribution in [3.05, 3.63) is 0 Å². The van der Waals surface area contributed by atoms with Gasteiger partial charge in [0, 0.05) is 24.0 Å². The van der Waals surface area contributed by atoms with Gasteiger partial charge >= 0.3 is 6.09 Å². The lowest BCUT2D eigenvalue weighted by Crippen LogP contribution is -2.63. The molecule has 2 saturated heterocycles. The third-order valence-electron chi connectivity index (χ3n) is 4.48. The summed E-state index contributed by atoms with van der Waals surface area (Å²) in [6.07, 6.45) is 2.24. The second-order valence-electron chi connectivity index (χ2n) is 8.49. The molecule has 0 unspecified atom stereocenters. The van der Waals surface area contributed by atoms with Gasteiger partial charge in [0.1, 0.15) is 5.60 Å². The van der Waals surface area contributed by atoms with Gasteiger partial charge in [-0.25, -0.2) is 4.79 Å². The first-order chi connectivity index (χ1) is 9.01. The summed E-state index contributed by atoms with van der Waals surface area (Å²) in [6, 6.07) is 0. The first kappa shape index (κ1) is 15.6. The maximum atomic E-state index is 12.0. The Morgan fingerprint density at radius 3 is 1.90 bits per heavy atom. The molecule has 2 aliphatic heterocycles. The monoisotopic (exact) mass is 282 g/mol. The second-order valence-corrected chi connectivity index (χ2v) is 8.49. The van der Waals surface area contributed by atoms with Crippen molar-refractivity contribution in [2.75, 3.05) is 26.2 Å². The average Bonchev–Trinajstić information content (AvgIpc) is 2.22. The smallest absolute Gasteiger partial charge is 0.410 e. The molecule has 1 spiro atoms. The van der Waals surface area contributed by atoms with Crippen LogP contribution in [0, 0.1) is 5.41 Å². The van der Waals surface area contributed by atoms with E-state index in [1.54, 1.807) is 0 Å². The molecule has 0 aliphatic carbocycles. The lowest BCUT2D eigenvalue weighted by Gasteiger charge is -2.55. The summed E-state index contributed by atoms with van der Waals surface area (Å²) in [7, 11) is 0. The molecule has 0 atom stereocenters. The highest BCUT2D eigenvalue weighted by atomic mass is 16.6. The van der Waals surface area contributed by atoms with Crippen LogP contribution in [-0.4, -0.2) is 53.2 Å². The minimum atomic E-state index is -0.393. The molecule has 4 heteroatoms. The van der Waals surface area contributed by atoms with Gasteiger partial charge < -0.3 is 9.64 Å². The number of piperidine rings is 1. The van der Waals surface area contributed by atoms with Gasteiger partial charge in [-0.15, -0.1) is 0 Å². The Hall–Kier alpha value is -0.770. The van der Waals surface area contributed by atoms with Crippen molar-refractivity contribution in [2.24, 2.45) is 5.41 Å². The van der Waals surface area contributed by atoms with Crippen LogP contribution in [0.3, 0.4) is 0 Å². The maximum absolute atomic E-state index is 12.0. The number of carbonyl (C=O) groups is 1. The van der Waals surface area contributed by atoms with Crippen LogP contribution in [0.25, 0.3) is 0 Å². The normalized spacial score (nSPS) is 23.6. The van der Waals surface area contributed by atoms with Crippen molar-refractivity contribution < 1.29 is 9.53 Å². The van der Waals surface area contributed by atoms with Crippen LogP contribution in [0.2, 0.25) is 0 Å². The van der Waals surface area contributed by atoms with E-state index in [2.05, 4.69) is 25.7 Å². The van der Waals surface area contributed by atoms with Gasteiger partial charge in [-0.1, -0.05) is 0 Å². The number of ether oxygens (including phenoxy) is 1. The summed E-state index contributed by atoms with van der Waals surface area (Å²) in [5.41, 5.74) is 0.226. The first-order valence-corrected chi connectivity index (χ1v) is 7.74. The maximum Gasteiger partial charge on any atom is 0.410 e. The Labute approximate surface area is 123 Å². The van der Waals surface area contributed by atoms with Gasteiger partial charge in [0.2, 0.25) is 0 Å². The van der Waals surface area contributed by atoms with Crippen LogP contribution in [0.5, 0.6) is 0 Å². The average molecular weight is 282 g/mol. The van der Waals surface area contributed by atoms with Crippen molar-refractivity contribution in [3.63, 3.8) is 0 Å². The van der Waals surface area contributed by atoms with Crippen molar-refractivity contribution in [1.82, 2.24) is 9.80 Å². The molecular formula is C16H30N2O2. The molecule has 20 heavy (non-hydrogen) atoms. The van der Waals surface area contributed by atoms with Crippen molar-refractivity contribution in [2.45, 2.75) is 65.5 Å². The molecule has 2 aliphatic rings. The summed E-state index contributed by atoms with van der Waals surface area (Å²) in [5.74, 6) is 0. The molecule has 0 aromatic heterocycles. The zero-order valence-electron chi connectivity index (χ0n) is 14.0. The molecule has 116 valence electrons. The quantitative estimate of drug-likeness (QED) is 0.684. The fraction of sp³-hybridized carbons (Fsp3) is 0.938. The lowest BCUT2D eigenvalue weighted by molar-refractivity contribution is -0.0693. The predicted molar refractivity (Wildman–Crippen MR) is 80.8 cm³/mol. The van der Waals surface area contributed by atoms with E-state index in [1.807, 2.05) is 25.7 Å². The molecule has 2 heterocycles. The van der Waals surface area contributed by atoms with E-state index >= 15 is 0 Å². The highest BCUT2D eigenvalue weighted by Gasteiger charge is 2.48. The highest BCUT2D eigenvalue weighted by molar-refractivity contribution is 5.69. The Kier molecular flexibility index (Phi) is 3.83. The molecule has 0 N–H and O–H groups in total. The Bertz CT molecular complexity index is 363. The summed E-state index contributed by atoms with van der Waals surface area (Å²) in [6.45, 7) is 16.6. The van der Waals surface area contributed by atoms with Crippen LogP contribution in [-0.2, 0) is 4.74 Å². The fourth-order valence-electron chi connectivity index (χ4n) is 3.19.